The highest BCUT2D eigenvalue weighted by molar-refractivity contribution is 5.78. The molecule has 23 heavy (non-hydrogen) atoms. The summed E-state index contributed by atoms with van der Waals surface area (Å²) in [6.07, 6.45) is 5.53. The molecule has 0 saturated heterocycles. The Kier molecular flexibility index (Phi) is 4.59. The monoisotopic (exact) mass is 318 g/mol. The maximum absolute atomic E-state index is 12.6. The first-order chi connectivity index (χ1) is 11.1. The minimum absolute atomic E-state index is 0.0216. The summed E-state index contributed by atoms with van der Waals surface area (Å²) in [6, 6.07) is 4.42. The van der Waals surface area contributed by atoms with E-state index in [1.54, 1.807) is 7.05 Å². The first-order valence-electron chi connectivity index (χ1n) is 8.54. The highest BCUT2D eigenvalue weighted by Gasteiger charge is 2.31. The minimum Gasteiger partial charge on any atom is -0.359 e. The fourth-order valence-electron chi connectivity index (χ4n) is 3.82. The number of aromatic nitrogens is 1. The van der Waals surface area contributed by atoms with E-state index >= 15 is 0 Å². The third-order valence-corrected chi connectivity index (χ3v) is 5.27. The molecular weight excluding hydrogens is 292 g/mol. The Bertz CT molecular complexity index is 575. The zero-order chi connectivity index (χ0) is 16.4. The van der Waals surface area contributed by atoms with Gasteiger partial charge in [-0.25, -0.2) is 4.79 Å². The van der Waals surface area contributed by atoms with Crippen LogP contribution in [-0.4, -0.2) is 41.0 Å². The van der Waals surface area contributed by atoms with Crippen molar-refractivity contribution in [2.45, 2.75) is 51.2 Å². The molecular formula is C17H26N4O2. The van der Waals surface area contributed by atoms with Gasteiger partial charge in [0.15, 0.2) is 0 Å². The molecule has 1 unspecified atom stereocenters. The summed E-state index contributed by atoms with van der Waals surface area (Å²) >= 11 is 0. The molecule has 1 aliphatic heterocycles. The van der Waals surface area contributed by atoms with Gasteiger partial charge in [0.1, 0.15) is 0 Å². The number of hydrogen-bond acceptors (Lipinski definition) is 2. The van der Waals surface area contributed by atoms with E-state index in [1.165, 1.54) is 5.69 Å². The Labute approximate surface area is 137 Å². The lowest BCUT2D eigenvalue weighted by Gasteiger charge is -2.37. The summed E-state index contributed by atoms with van der Waals surface area (Å²) in [7, 11) is 1.68. The Morgan fingerprint density at radius 2 is 1.91 bits per heavy atom. The van der Waals surface area contributed by atoms with Gasteiger partial charge in [-0.15, -0.1) is 0 Å². The van der Waals surface area contributed by atoms with E-state index in [2.05, 4.69) is 34.4 Å². The smallest absolute Gasteiger partial charge is 0.318 e. The molecule has 0 bridgehead atoms. The Morgan fingerprint density at radius 3 is 2.61 bits per heavy atom. The van der Waals surface area contributed by atoms with Crippen LogP contribution in [0.5, 0.6) is 0 Å². The van der Waals surface area contributed by atoms with E-state index in [0.717, 1.165) is 38.8 Å². The van der Waals surface area contributed by atoms with E-state index in [1.807, 2.05) is 11.0 Å². The van der Waals surface area contributed by atoms with Crippen LogP contribution in [0.1, 0.15) is 44.3 Å². The molecule has 1 atom stereocenters. The molecule has 6 nitrogen and oxygen atoms in total. The van der Waals surface area contributed by atoms with Crippen molar-refractivity contribution in [1.82, 2.24) is 20.1 Å². The average Bonchev–Trinajstić information content (AvgIpc) is 3.04. The van der Waals surface area contributed by atoms with E-state index in [0.29, 0.717) is 0 Å². The van der Waals surface area contributed by atoms with Crippen molar-refractivity contribution in [2.24, 2.45) is 5.92 Å². The van der Waals surface area contributed by atoms with Gasteiger partial charge in [-0.1, -0.05) is 0 Å². The van der Waals surface area contributed by atoms with E-state index in [-0.39, 0.29) is 29.9 Å². The molecule has 0 radical (unpaired) electrons. The van der Waals surface area contributed by atoms with Gasteiger partial charge < -0.3 is 20.1 Å². The molecule has 126 valence electrons. The van der Waals surface area contributed by atoms with E-state index in [9.17, 15) is 9.59 Å². The number of hydrogen-bond donors (Lipinski definition) is 2. The van der Waals surface area contributed by atoms with Gasteiger partial charge in [0.2, 0.25) is 5.91 Å². The molecule has 2 N–H and O–H groups in total. The highest BCUT2D eigenvalue weighted by Crippen LogP contribution is 2.27. The number of nitrogens with zero attached hydrogens (tertiary/aromatic N) is 2. The maximum atomic E-state index is 12.6. The third kappa shape index (κ3) is 3.21. The van der Waals surface area contributed by atoms with Gasteiger partial charge in [0, 0.05) is 44.0 Å². The van der Waals surface area contributed by atoms with Crippen LogP contribution in [0.25, 0.3) is 0 Å². The number of fused-ring (bicyclic) bond motifs is 1. The standard InChI is InChI=1S/C17H26N4O2/c1-12-15-4-3-9-20(15)10-11-21(12)17(23)19-14-7-5-13(6-8-14)16(22)18-2/h3-4,9,12-14H,5-8,10-11H2,1-2H3,(H,18,22)(H,19,23). The summed E-state index contributed by atoms with van der Waals surface area (Å²) in [5.41, 5.74) is 1.19. The van der Waals surface area contributed by atoms with Crippen molar-refractivity contribution in [3.8, 4) is 0 Å². The van der Waals surface area contributed by atoms with Crippen LogP contribution in [0.2, 0.25) is 0 Å². The first kappa shape index (κ1) is 15.9. The quantitative estimate of drug-likeness (QED) is 0.874. The van der Waals surface area contributed by atoms with Crippen LogP contribution in [0.4, 0.5) is 4.79 Å². The van der Waals surface area contributed by atoms with Crippen LogP contribution in [0.3, 0.4) is 0 Å². The molecule has 1 fully saturated rings. The Balaban J connectivity index is 1.54. The van der Waals surface area contributed by atoms with Crippen molar-refractivity contribution in [2.75, 3.05) is 13.6 Å². The molecule has 2 aliphatic rings. The molecule has 1 aromatic heterocycles. The largest absolute Gasteiger partial charge is 0.359 e. The van der Waals surface area contributed by atoms with E-state index < -0.39 is 0 Å². The maximum Gasteiger partial charge on any atom is 0.318 e. The van der Waals surface area contributed by atoms with Crippen LogP contribution in [-0.2, 0) is 11.3 Å². The van der Waals surface area contributed by atoms with E-state index in [4.69, 9.17) is 0 Å². The summed E-state index contributed by atoms with van der Waals surface area (Å²) in [5, 5.41) is 5.88. The molecule has 1 aromatic rings. The number of carbonyl (C=O) groups excluding carboxylic acids is 2. The fraction of sp³-hybridized carbons (Fsp3) is 0.647. The average molecular weight is 318 g/mol. The normalized spacial score (nSPS) is 27.2. The number of amides is 3. The number of nitrogens with one attached hydrogen (secondary N) is 2. The predicted molar refractivity (Wildman–Crippen MR) is 87.9 cm³/mol. The van der Waals surface area contributed by atoms with Crippen LogP contribution in [0, 0.1) is 5.92 Å². The lowest BCUT2D eigenvalue weighted by Crippen LogP contribution is -2.50. The van der Waals surface area contributed by atoms with Crippen molar-refractivity contribution in [1.29, 1.82) is 0 Å². The second-order valence-electron chi connectivity index (χ2n) is 6.61. The van der Waals surface area contributed by atoms with Crippen LogP contribution in [0.15, 0.2) is 18.3 Å². The van der Waals surface area contributed by atoms with Gasteiger partial charge in [-0.3, -0.25) is 4.79 Å². The predicted octanol–water partition coefficient (Wildman–Crippen LogP) is 1.88. The van der Waals surface area contributed by atoms with Crippen LogP contribution >= 0.6 is 0 Å². The molecule has 0 spiro atoms. The molecule has 1 aliphatic carbocycles. The fourth-order valence-corrected chi connectivity index (χ4v) is 3.82. The van der Waals surface area contributed by atoms with Crippen molar-refractivity contribution in [3.05, 3.63) is 24.0 Å². The molecule has 2 heterocycles. The number of urea groups is 1. The van der Waals surface area contributed by atoms with Gasteiger partial charge >= 0.3 is 6.03 Å². The molecule has 3 rings (SSSR count). The summed E-state index contributed by atoms with van der Waals surface area (Å²) < 4.78 is 2.21. The summed E-state index contributed by atoms with van der Waals surface area (Å²) in [6.45, 7) is 3.67. The number of carbonyl (C=O) groups is 2. The molecule has 1 saturated carbocycles. The van der Waals surface area contributed by atoms with Gasteiger partial charge in [-0.2, -0.15) is 0 Å². The summed E-state index contributed by atoms with van der Waals surface area (Å²) in [5.74, 6) is 0.227. The SMILES string of the molecule is CNC(=O)C1CCC(NC(=O)N2CCn3cccc3C2C)CC1. The lowest BCUT2D eigenvalue weighted by atomic mass is 9.85. The molecule has 6 heteroatoms. The minimum atomic E-state index is 0.0216. The topological polar surface area (TPSA) is 66.4 Å². The van der Waals surface area contributed by atoms with Crippen molar-refractivity contribution < 1.29 is 9.59 Å². The second-order valence-corrected chi connectivity index (χ2v) is 6.61. The van der Waals surface area contributed by atoms with Gasteiger partial charge in [0.05, 0.1) is 6.04 Å². The number of rotatable bonds is 2. The van der Waals surface area contributed by atoms with Gasteiger partial charge in [-0.05, 0) is 44.7 Å². The first-order valence-corrected chi connectivity index (χ1v) is 8.54. The van der Waals surface area contributed by atoms with Crippen molar-refractivity contribution >= 4 is 11.9 Å². The third-order valence-electron chi connectivity index (χ3n) is 5.27. The van der Waals surface area contributed by atoms with Crippen LogP contribution < -0.4 is 10.6 Å². The molecule has 3 amide bonds. The summed E-state index contributed by atoms with van der Waals surface area (Å²) in [4.78, 5) is 26.2. The highest BCUT2D eigenvalue weighted by atomic mass is 16.2. The van der Waals surface area contributed by atoms with Crippen molar-refractivity contribution in [3.63, 3.8) is 0 Å². The van der Waals surface area contributed by atoms with Gasteiger partial charge in [0.25, 0.3) is 0 Å². The lowest BCUT2D eigenvalue weighted by molar-refractivity contribution is -0.125. The zero-order valence-electron chi connectivity index (χ0n) is 13.9. The Hall–Kier alpha value is -1.98. The molecule has 0 aromatic carbocycles. The Morgan fingerprint density at radius 1 is 1.17 bits per heavy atom. The zero-order valence-corrected chi connectivity index (χ0v) is 13.9. The second kappa shape index (κ2) is 6.64.